The number of aromatic hydroxyl groups is 1. The van der Waals surface area contributed by atoms with Crippen LogP contribution in [0.15, 0.2) is 34.9 Å². The van der Waals surface area contributed by atoms with Gasteiger partial charge in [0.2, 0.25) is 0 Å². The van der Waals surface area contributed by atoms with Gasteiger partial charge in [-0.25, -0.2) is 4.98 Å². The Hall–Kier alpha value is -2.34. The van der Waals surface area contributed by atoms with Crippen molar-refractivity contribution in [1.82, 2.24) is 15.2 Å². The maximum atomic E-state index is 12.5. The number of carbonyl (C=O) groups is 1. The number of piperidine rings is 3. The largest absolute Gasteiger partial charge is 0.508 e. The molecule has 0 radical (unpaired) electrons. The number of aromatic nitrogens is 1. The van der Waals surface area contributed by atoms with E-state index in [0.717, 1.165) is 31.5 Å². The number of hydrogen-bond acceptors (Lipinski definition) is 5. The van der Waals surface area contributed by atoms with Crippen molar-refractivity contribution in [2.24, 2.45) is 5.92 Å². The average Bonchev–Trinajstić information content (AvgIpc) is 3.09. The van der Waals surface area contributed by atoms with E-state index in [0.29, 0.717) is 17.7 Å². The van der Waals surface area contributed by atoms with Gasteiger partial charge in [0.25, 0.3) is 5.89 Å². The van der Waals surface area contributed by atoms with Crippen LogP contribution in [0.3, 0.4) is 0 Å². The lowest BCUT2D eigenvalue weighted by Crippen LogP contribution is -2.62. The maximum absolute atomic E-state index is 12.5. The summed E-state index contributed by atoms with van der Waals surface area (Å²) in [6.07, 6.45) is 3.82. The number of phenolic OH excluding ortho intramolecular Hbond substituents is 1. The molecule has 0 spiro atoms. The summed E-state index contributed by atoms with van der Waals surface area (Å²) >= 11 is 0. The number of fused-ring (bicyclic) bond motifs is 3. The molecule has 2 unspecified atom stereocenters. The average molecular weight is 327 g/mol. The molecule has 0 saturated carbocycles. The number of carbonyl (C=O) groups excluding carboxylic acids is 1. The van der Waals surface area contributed by atoms with E-state index in [4.69, 9.17) is 4.42 Å². The van der Waals surface area contributed by atoms with Crippen LogP contribution < -0.4 is 5.32 Å². The highest BCUT2D eigenvalue weighted by Gasteiger charge is 2.40. The van der Waals surface area contributed by atoms with Crippen molar-refractivity contribution in [3.05, 3.63) is 36.4 Å². The summed E-state index contributed by atoms with van der Waals surface area (Å²) in [6, 6.07) is 7.12. The summed E-state index contributed by atoms with van der Waals surface area (Å²) in [4.78, 5) is 19.1. The molecule has 3 fully saturated rings. The maximum Gasteiger partial charge on any atom is 0.307 e. The SMILES string of the molecule is CC1C(NC(=O)c2ncc(-c3ccc(O)cc3)o2)C2CCN1CC2. The summed E-state index contributed by atoms with van der Waals surface area (Å²) in [7, 11) is 0. The minimum Gasteiger partial charge on any atom is -0.508 e. The number of benzene rings is 1. The zero-order chi connectivity index (χ0) is 16.7. The number of nitrogens with one attached hydrogen (secondary N) is 1. The van der Waals surface area contributed by atoms with Gasteiger partial charge in [-0.1, -0.05) is 0 Å². The smallest absolute Gasteiger partial charge is 0.307 e. The van der Waals surface area contributed by atoms with Gasteiger partial charge in [0.05, 0.1) is 6.20 Å². The first-order chi connectivity index (χ1) is 11.6. The zero-order valence-electron chi connectivity index (χ0n) is 13.6. The number of nitrogens with zero attached hydrogens (tertiary/aromatic N) is 2. The summed E-state index contributed by atoms with van der Waals surface area (Å²) in [6.45, 7) is 4.43. The molecule has 3 aliphatic heterocycles. The van der Waals surface area contributed by atoms with Crippen LogP contribution in [0.4, 0.5) is 0 Å². The molecule has 6 nitrogen and oxygen atoms in total. The molecule has 3 aliphatic rings. The second-order valence-corrected chi connectivity index (χ2v) is 6.69. The number of rotatable bonds is 3. The third kappa shape index (κ3) is 2.67. The molecule has 2 atom stereocenters. The monoisotopic (exact) mass is 327 g/mol. The number of hydrogen-bond donors (Lipinski definition) is 2. The van der Waals surface area contributed by atoms with Crippen molar-refractivity contribution in [2.45, 2.75) is 31.8 Å². The predicted octanol–water partition coefficient (Wildman–Crippen LogP) is 2.26. The van der Waals surface area contributed by atoms with Crippen LogP contribution in [-0.2, 0) is 0 Å². The second-order valence-electron chi connectivity index (χ2n) is 6.69. The predicted molar refractivity (Wildman–Crippen MR) is 88.6 cm³/mol. The van der Waals surface area contributed by atoms with Gasteiger partial charge in [-0.2, -0.15) is 0 Å². The Morgan fingerprint density at radius 1 is 1.29 bits per heavy atom. The molecule has 1 aromatic heterocycles. The van der Waals surface area contributed by atoms with Crippen molar-refractivity contribution in [3.63, 3.8) is 0 Å². The Morgan fingerprint density at radius 2 is 2.00 bits per heavy atom. The molecule has 3 saturated heterocycles. The minimum atomic E-state index is -0.259. The Bertz CT molecular complexity index is 730. The van der Waals surface area contributed by atoms with Crippen molar-refractivity contribution < 1.29 is 14.3 Å². The molecule has 2 bridgehead atoms. The van der Waals surface area contributed by atoms with Crippen molar-refractivity contribution in [2.75, 3.05) is 13.1 Å². The molecule has 4 heterocycles. The Kier molecular flexibility index (Phi) is 3.76. The lowest BCUT2D eigenvalue weighted by Gasteiger charge is -2.49. The highest BCUT2D eigenvalue weighted by atomic mass is 16.4. The summed E-state index contributed by atoms with van der Waals surface area (Å²) < 4.78 is 5.61. The molecule has 2 N–H and O–H groups in total. The third-order valence-corrected chi connectivity index (χ3v) is 5.33. The molecule has 2 aromatic rings. The highest BCUT2D eigenvalue weighted by Crippen LogP contribution is 2.32. The van der Waals surface area contributed by atoms with Gasteiger partial charge < -0.3 is 14.8 Å². The lowest BCUT2D eigenvalue weighted by atomic mass is 9.79. The first-order valence-electron chi connectivity index (χ1n) is 8.42. The first-order valence-corrected chi connectivity index (χ1v) is 8.42. The topological polar surface area (TPSA) is 78.6 Å². The highest BCUT2D eigenvalue weighted by molar-refractivity contribution is 5.90. The second kappa shape index (κ2) is 5.94. The first kappa shape index (κ1) is 15.2. The molecule has 126 valence electrons. The number of oxazole rings is 1. The molecule has 6 heteroatoms. The van der Waals surface area contributed by atoms with E-state index in [1.165, 1.54) is 0 Å². The molecular formula is C18H21N3O3. The number of amides is 1. The Morgan fingerprint density at radius 3 is 2.67 bits per heavy atom. The van der Waals surface area contributed by atoms with Crippen LogP contribution in [-0.4, -0.2) is 46.1 Å². The van der Waals surface area contributed by atoms with Crippen LogP contribution in [0.5, 0.6) is 5.75 Å². The van der Waals surface area contributed by atoms with E-state index in [-0.39, 0.29) is 23.6 Å². The quantitative estimate of drug-likeness (QED) is 0.904. The van der Waals surface area contributed by atoms with Crippen molar-refractivity contribution in [3.8, 4) is 17.1 Å². The van der Waals surface area contributed by atoms with Gasteiger partial charge in [-0.15, -0.1) is 0 Å². The van der Waals surface area contributed by atoms with E-state index in [9.17, 15) is 9.90 Å². The van der Waals surface area contributed by atoms with Gasteiger partial charge in [-0.05, 0) is 63.0 Å². The summed E-state index contributed by atoms with van der Waals surface area (Å²) in [5.41, 5.74) is 0.774. The summed E-state index contributed by atoms with van der Waals surface area (Å²) in [5.74, 6) is 1.07. The van der Waals surface area contributed by atoms with E-state index in [2.05, 4.69) is 22.1 Å². The van der Waals surface area contributed by atoms with Gasteiger partial charge in [0.1, 0.15) is 5.75 Å². The Balaban J connectivity index is 1.48. The minimum absolute atomic E-state index is 0.0849. The van der Waals surface area contributed by atoms with Gasteiger partial charge in [0.15, 0.2) is 5.76 Å². The molecule has 5 rings (SSSR count). The van der Waals surface area contributed by atoms with E-state index in [1.54, 1.807) is 30.5 Å². The van der Waals surface area contributed by atoms with Crippen molar-refractivity contribution >= 4 is 5.91 Å². The fourth-order valence-electron chi connectivity index (χ4n) is 3.90. The molecule has 0 aliphatic carbocycles. The molecule has 24 heavy (non-hydrogen) atoms. The Labute approximate surface area is 140 Å². The van der Waals surface area contributed by atoms with E-state index < -0.39 is 0 Å². The standard InChI is InChI=1S/C18H21N3O3/c1-11-16(13-6-8-21(11)9-7-13)20-17(23)18-19-10-15(24-18)12-2-4-14(22)5-3-12/h2-5,10-11,13,16,22H,6-9H2,1H3,(H,20,23). The fraction of sp³-hybridized carbons (Fsp3) is 0.444. The van der Waals surface area contributed by atoms with E-state index in [1.807, 2.05) is 0 Å². The summed E-state index contributed by atoms with van der Waals surface area (Å²) in [5, 5.41) is 12.5. The molecule has 1 aromatic carbocycles. The van der Waals surface area contributed by atoms with Crippen LogP contribution >= 0.6 is 0 Å². The van der Waals surface area contributed by atoms with E-state index >= 15 is 0 Å². The van der Waals surface area contributed by atoms with Crippen molar-refractivity contribution in [1.29, 1.82) is 0 Å². The normalized spacial score (nSPS) is 28.7. The van der Waals surface area contributed by atoms with Crippen LogP contribution in [0.25, 0.3) is 11.3 Å². The lowest BCUT2D eigenvalue weighted by molar-refractivity contribution is 0.0210. The van der Waals surface area contributed by atoms with Crippen LogP contribution in [0.2, 0.25) is 0 Å². The van der Waals surface area contributed by atoms with Gasteiger partial charge >= 0.3 is 5.91 Å². The van der Waals surface area contributed by atoms with Crippen LogP contribution in [0.1, 0.15) is 30.5 Å². The fourth-order valence-corrected chi connectivity index (χ4v) is 3.90. The van der Waals surface area contributed by atoms with Crippen LogP contribution in [0, 0.1) is 5.92 Å². The zero-order valence-corrected chi connectivity index (χ0v) is 13.6. The molecular weight excluding hydrogens is 306 g/mol. The van der Waals surface area contributed by atoms with Gasteiger partial charge in [-0.3, -0.25) is 9.69 Å². The number of phenols is 1. The third-order valence-electron chi connectivity index (χ3n) is 5.33. The molecule has 1 amide bonds. The van der Waals surface area contributed by atoms with Gasteiger partial charge in [0, 0.05) is 17.6 Å².